The van der Waals surface area contributed by atoms with Crippen LogP contribution >= 0.6 is 0 Å². The van der Waals surface area contributed by atoms with Gasteiger partial charge in [-0.1, -0.05) is 48.5 Å². The highest BCUT2D eigenvalue weighted by Gasteiger charge is 2.80. The zero-order valence-electron chi connectivity index (χ0n) is 51.1. The maximum atomic E-state index is 13.6. The highest BCUT2D eigenvalue weighted by molar-refractivity contribution is 5.73. The van der Waals surface area contributed by atoms with E-state index in [0.717, 1.165) is 44.9 Å². The van der Waals surface area contributed by atoms with Crippen molar-refractivity contribution in [2.75, 3.05) is 19.8 Å². The summed E-state index contributed by atoms with van der Waals surface area (Å²) in [5.41, 5.74) is -2.07. The van der Waals surface area contributed by atoms with Crippen molar-refractivity contribution in [1.29, 1.82) is 0 Å². The molecule has 35 atom stereocenters. The van der Waals surface area contributed by atoms with Crippen molar-refractivity contribution in [1.82, 2.24) is 0 Å². The Hall–Kier alpha value is -1.53. The van der Waals surface area contributed by atoms with Crippen LogP contribution in [0.5, 0.6) is 0 Å². The van der Waals surface area contributed by atoms with Gasteiger partial charge < -0.3 is 129 Å². The summed E-state index contributed by atoms with van der Waals surface area (Å²) in [4.78, 5) is 13.6. The standard InChI is InChI=1S/C60H98O27/c1-23-32(64)36(68)40(72)49(78-23)84-44-38(70)33(65)24(2)79-51(44)86-45-39(71)35(67)26(21-62)81-52(45)83-43-42(74)46(85-50-41(73)37(69)34(66)25(20-61)80-50)53(87-47(43)48(75)76)82-31-12-13-56(7)27(55(31,5)6)10-14-57(8)28(56)11-15-60-29-18-54(3,4)16-17-59(29,22-77-60)30(63)19-58(57,60)9/h23-47,49-53,61-74H,10-22H2,1-9H3,(H,75,76). The van der Waals surface area contributed by atoms with Crippen molar-refractivity contribution in [2.45, 2.75) is 298 Å². The maximum Gasteiger partial charge on any atom is 0.335 e. The first-order chi connectivity index (χ1) is 40.7. The van der Waals surface area contributed by atoms with Gasteiger partial charge in [0.25, 0.3) is 0 Å². The van der Waals surface area contributed by atoms with E-state index in [9.17, 15) is 81.4 Å². The Morgan fingerprint density at radius 3 is 1.59 bits per heavy atom. The third-order valence-electron chi connectivity index (χ3n) is 24.6. The molecule has 6 aliphatic heterocycles. The normalized spacial score (nSPS) is 57.2. The van der Waals surface area contributed by atoms with Crippen molar-refractivity contribution >= 4 is 5.97 Å². The van der Waals surface area contributed by atoms with E-state index in [0.29, 0.717) is 25.9 Å². The van der Waals surface area contributed by atoms with Crippen LogP contribution in [0.3, 0.4) is 0 Å². The van der Waals surface area contributed by atoms with Crippen LogP contribution in [0, 0.1) is 50.2 Å². The Bertz CT molecular complexity index is 2440. The van der Waals surface area contributed by atoms with Gasteiger partial charge in [-0.15, -0.1) is 0 Å². The summed E-state index contributed by atoms with van der Waals surface area (Å²) in [5.74, 6) is -1.29. The summed E-state index contributed by atoms with van der Waals surface area (Å²) in [6, 6.07) is 0. The van der Waals surface area contributed by atoms with Crippen LogP contribution in [0.25, 0.3) is 0 Å². The lowest BCUT2D eigenvalue weighted by Gasteiger charge is -2.75. The second-order valence-electron chi connectivity index (χ2n) is 29.9. The van der Waals surface area contributed by atoms with Gasteiger partial charge in [0.1, 0.15) is 104 Å². The van der Waals surface area contributed by atoms with Crippen LogP contribution < -0.4 is 0 Å². The summed E-state index contributed by atoms with van der Waals surface area (Å²) in [6.45, 7) is 17.5. The van der Waals surface area contributed by atoms with E-state index in [-0.39, 0.29) is 50.4 Å². The third-order valence-corrected chi connectivity index (χ3v) is 24.6. The Morgan fingerprint density at radius 1 is 0.471 bits per heavy atom. The molecule has 35 unspecified atom stereocenters. The zero-order chi connectivity index (χ0) is 63.4. The SMILES string of the molecule is CC1OC(OC2C(OC3C(OC4C(C(=O)O)OC(OC5CCC6(C)C(CCC7(C)C6CCC68OCC9(CCC(C)(C)CC96)C(O)CC78C)C5(C)C)C(OC5OC(CO)C(O)C(O)C5O)C4O)OC(CO)C(O)C3O)OC(C)C(O)C2O)C(O)C(O)C1O. The molecule has 0 radical (unpaired) electrons. The van der Waals surface area contributed by atoms with Crippen molar-refractivity contribution in [2.24, 2.45) is 50.2 Å². The first-order valence-electron chi connectivity index (χ1n) is 31.5. The molecule has 15 N–H and O–H groups in total. The third kappa shape index (κ3) is 10.5. The number of carboxylic acids is 1. The van der Waals surface area contributed by atoms with Crippen LogP contribution in [-0.4, -0.2) is 274 Å². The molecule has 5 saturated carbocycles. The molecule has 500 valence electrons. The number of ether oxygens (including phenoxy) is 11. The molecule has 11 aliphatic rings. The van der Waals surface area contributed by atoms with Crippen molar-refractivity contribution in [3.8, 4) is 0 Å². The topological polar surface area (TPSA) is 422 Å². The number of hydrogen-bond acceptors (Lipinski definition) is 26. The second-order valence-corrected chi connectivity index (χ2v) is 29.9. The maximum absolute atomic E-state index is 13.6. The van der Waals surface area contributed by atoms with Crippen LogP contribution in [0.1, 0.15) is 127 Å². The molecule has 11 rings (SSSR count). The molecule has 5 aliphatic carbocycles. The van der Waals surface area contributed by atoms with Crippen LogP contribution in [0.15, 0.2) is 0 Å². The van der Waals surface area contributed by atoms with Gasteiger partial charge in [-0.3, -0.25) is 0 Å². The molecular weight excluding hydrogens is 1150 g/mol. The van der Waals surface area contributed by atoms with Gasteiger partial charge >= 0.3 is 5.97 Å². The van der Waals surface area contributed by atoms with Gasteiger partial charge in [0.05, 0.1) is 49.8 Å². The highest BCUT2D eigenvalue weighted by Crippen LogP contribution is 2.80. The Morgan fingerprint density at radius 2 is 0.966 bits per heavy atom. The summed E-state index contributed by atoms with van der Waals surface area (Å²) in [7, 11) is 0. The van der Waals surface area contributed by atoms with E-state index in [1.165, 1.54) is 13.8 Å². The van der Waals surface area contributed by atoms with E-state index in [4.69, 9.17) is 52.1 Å². The minimum Gasteiger partial charge on any atom is -0.479 e. The molecule has 0 aromatic carbocycles. The lowest BCUT2D eigenvalue weighted by atomic mass is 9.30. The van der Waals surface area contributed by atoms with Gasteiger partial charge in [-0.2, -0.15) is 0 Å². The van der Waals surface area contributed by atoms with E-state index in [1.54, 1.807) is 0 Å². The number of aliphatic carboxylic acids is 1. The van der Waals surface area contributed by atoms with E-state index in [2.05, 4.69) is 48.5 Å². The minimum absolute atomic E-state index is 0.00493. The molecule has 87 heavy (non-hydrogen) atoms. The van der Waals surface area contributed by atoms with Crippen molar-refractivity contribution < 1.29 is 133 Å². The predicted molar refractivity (Wildman–Crippen MR) is 293 cm³/mol. The van der Waals surface area contributed by atoms with Crippen LogP contribution in [-0.2, 0) is 56.9 Å². The molecule has 11 fully saturated rings. The fourth-order valence-electron chi connectivity index (χ4n) is 19.3. The molecule has 27 heteroatoms. The fourth-order valence-corrected chi connectivity index (χ4v) is 19.3. The number of aliphatic hydroxyl groups excluding tert-OH is 14. The molecule has 27 nitrogen and oxygen atoms in total. The van der Waals surface area contributed by atoms with E-state index in [1.807, 2.05) is 0 Å². The van der Waals surface area contributed by atoms with Gasteiger partial charge in [-0.05, 0) is 117 Å². The number of carboxylic acid groups (broad SMARTS) is 1. The second kappa shape index (κ2) is 23.7. The Balaban J connectivity index is 0.881. The molecule has 6 heterocycles. The van der Waals surface area contributed by atoms with Crippen LogP contribution in [0.2, 0.25) is 0 Å². The summed E-state index contributed by atoms with van der Waals surface area (Å²) in [6.07, 6.45) is -39.7. The average molecular weight is 1250 g/mol. The Kier molecular flexibility index (Phi) is 18.3. The fraction of sp³-hybridized carbons (Fsp3) is 0.983. The van der Waals surface area contributed by atoms with Crippen molar-refractivity contribution in [3.05, 3.63) is 0 Å². The monoisotopic (exact) mass is 1250 g/mol. The van der Waals surface area contributed by atoms with Crippen LogP contribution in [0.4, 0.5) is 0 Å². The van der Waals surface area contributed by atoms with Gasteiger partial charge in [0, 0.05) is 10.8 Å². The van der Waals surface area contributed by atoms with Crippen molar-refractivity contribution in [3.63, 3.8) is 0 Å². The molecule has 0 aromatic rings. The van der Waals surface area contributed by atoms with Gasteiger partial charge in [0.15, 0.2) is 37.6 Å². The molecule has 0 amide bonds. The molecular formula is C60H98O27. The molecule has 2 bridgehead atoms. The first-order valence-corrected chi connectivity index (χ1v) is 31.5. The molecule has 6 saturated heterocycles. The zero-order valence-corrected chi connectivity index (χ0v) is 51.1. The number of carbonyl (C=O) groups is 1. The highest BCUT2D eigenvalue weighted by atomic mass is 16.8. The number of rotatable bonds is 13. The average Bonchev–Trinajstić information content (AvgIpc) is 1.62. The number of hydrogen-bond donors (Lipinski definition) is 15. The molecule has 1 spiro atoms. The smallest absolute Gasteiger partial charge is 0.335 e. The Labute approximate surface area is 506 Å². The van der Waals surface area contributed by atoms with Gasteiger partial charge in [0.2, 0.25) is 0 Å². The van der Waals surface area contributed by atoms with E-state index < -0.39 is 190 Å². The lowest BCUT2D eigenvalue weighted by molar-refractivity contribution is -0.408. The summed E-state index contributed by atoms with van der Waals surface area (Å²) in [5, 5.41) is 167. The quantitative estimate of drug-likeness (QED) is 0.0857. The summed E-state index contributed by atoms with van der Waals surface area (Å²) < 4.78 is 68.4. The lowest BCUT2D eigenvalue weighted by Crippen LogP contribution is -2.74. The van der Waals surface area contributed by atoms with Gasteiger partial charge in [-0.25, -0.2) is 4.79 Å². The summed E-state index contributed by atoms with van der Waals surface area (Å²) >= 11 is 0. The minimum atomic E-state index is -2.23. The van der Waals surface area contributed by atoms with E-state index >= 15 is 0 Å². The first kappa shape index (κ1) is 66.9. The largest absolute Gasteiger partial charge is 0.479 e. The number of fused-ring (bicyclic) bond motifs is 4. The predicted octanol–water partition coefficient (Wildman–Crippen LogP) is -2.38. The molecule has 0 aromatic heterocycles. The number of aliphatic hydroxyl groups is 14.